The summed E-state index contributed by atoms with van der Waals surface area (Å²) in [4.78, 5) is 50.7. The van der Waals surface area contributed by atoms with Gasteiger partial charge in [0.15, 0.2) is 8.32 Å². The third-order valence-electron chi connectivity index (χ3n) is 9.92. The monoisotopic (exact) mass is 696 g/mol. The van der Waals surface area contributed by atoms with E-state index in [9.17, 15) is 14.4 Å². The summed E-state index contributed by atoms with van der Waals surface area (Å²) >= 11 is 0. The predicted octanol–water partition coefficient (Wildman–Crippen LogP) is 8.27. The predicted molar refractivity (Wildman–Crippen MR) is 201 cm³/mol. The summed E-state index contributed by atoms with van der Waals surface area (Å²) in [7, 11) is -0.536. The Morgan fingerprint density at radius 2 is 1.58 bits per heavy atom. The molecule has 0 spiro atoms. The van der Waals surface area contributed by atoms with Gasteiger partial charge in [-0.2, -0.15) is 0 Å². The SMILES string of the molecule is CN(Cc1nc2ccccc2c(=O)[nH]1)C(=O)c1ccc(C[C@@H]2CC[C@H]([C@H](O[Si](C)(C)C(C)(C)C)c3ccccc3)N2C(=O)OC(C)(C)C)cc1. The molecule has 4 aromatic rings. The van der Waals surface area contributed by atoms with Gasteiger partial charge in [-0.05, 0) is 93.6 Å². The lowest BCUT2D eigenvalue weighted by molar-refractivity contribution is -0.00239. The molecule has 2 heterocycles. The maximum Gasteiger partial charge on any atom is 0.410 e. The molecule has 0 saturated carbocycles. The molecule has 9 nitrogen and oxygen atoms in total. The van der Waals surface area contributed by atoms with Gasteiger partial charge in [-0.1, -0.05) is 75.4 Å². The van der Waals surface area contributed by atoms with E-state index in [1.54, 1.807) is 30.1 Å². The Bertz CT molecular complexity index is 1860. The second-order valence-corrected chi connectivity index (χ2v) is 20.7. The van der Waals surface area contributed by atoms with Crippen molar-refractivity contribution in [1.29, 1.82) is 0 Å². The number of nitrogens with zero attached hydrogens (tertiary/aromatic N) is 3. The number of H-pyrrole nitrogens is 1. The van der Waals surface area contributed by atoms with Crippen LogP contribution in [0.2, 0.25) is 18.1 Å². The summed E-state index contributed by atoms with van der Waals surface area (Å²) in [6, 6.07) is 24.6. The minimum Gasteiger partial charge on any atom is -0.444 e. The Kier molecular flexibility index (Phi) is 10.7. The largest absolute Gasteiger partial charge is 0.444 e. The summed E-state index contributed by atoms with van der Waals surface area (Å²) in [6.07, 6.45) is 1.57. The maximum absolute atomic E-state index is 14.0. The van der Waals surface area contributed by atoms with Gasteiger partial charge in [-0.25, -0.2) is 9.78 Å². The first kappa shape index (κ1) is 37.0. The fourth-order valence-electron chi connectivity index (χ4n) is 6.30. The number of hydrogen-bond donors (Lipinski definition) is 1. The van der Waals surface area contributed by atoms with E-state index >= 15 is 0 Å². The summed E-state index contributed by atoms with van der Waals surface area (Å²) in [6.45, 7) is 17.1. The van der Waals surface area contributed by atoms with Gasteiger partial charge in [-0.3, -0.25) is 14.5 Å². The van der Waals surface area contributed by atoms with Crippen molar-refractivity contribution < 1.29 is 18.8 Å². The summed E-state index contributed by atoms with van der Waals surface area (Å²) < 4.78 is 13.2. The summed E-state index contributed by atoms with van der Waals surface area (Å²) in [5.74, 6) is 0.239. The molecule has 50 heavy (non-hydrogen) atoms. The quantitative estimate of drug-likeness (QED) is 0.177. The van der Waals surface area contributed by atoms with Crippen molar-refractivity contribution in [2.75, 3.05) is 7.05 Å². The molecule has 3 atom stereocenters. The normalized spacial score (nSPS) is 17.5. The van der Waals surface area contributed by atoms with Crippen LogP contribution in [0.5, 0.6) is 0 Å². The molecule has 266 valence electrons. The van der Waals surface area contributed by atoms with Crippen molar-refractivity contribution in [1.82, 2.24) is 19.8 Å². The molecular formula is C40H52N4O5Si. The Morgan fingerprint density at radius 1 is 0.940 bits per heavy atom. The first-order chi connectivity index (χ1) is 23.4. The van der Waals surface area contributed by atoms with Gasteiger partial charge in [0.25, 0.3) is 11.5 Å². The smallest absolute Gasteiger partial charge is 0.410 e. The highest BCUT2D eigenvalue weighted by molar-refractivity contribution is 6.74. The highest BCUT2D eigenvalue weighted by Gasteiger charge is 2.47. The molecule has 10 heteroatoms. The van der Waals surface area contributed by atoms with Gasteiger partial charge in [0, 0.05) is 18.7 Å². The van der Waals surface area contributed by atoms with E-state index in [2.05, 4.69) is 56.0 Å². The van der Waals surface area contributed by atoms with Crippen LogP contribution < -0.4 is 5.56 Å². The Hall–Kier alpha value is -4.28. The van der Waals surface area contributed by atoms with Crippen LogP contribution in [-0.4, -0.2) is 64.8 Å². The Labute approximate surface area is 297 Å². The van der Waals surface area contributed by atoms with Crippen LogP contribution in [0.4, 0.5) is 4.79 Å². The number of likely N-dealkylation sites (tertiary alicyclic amines) is 1. The standard InChI is InChI=1S/C40H52N4O5Si/c1-39(2,3)48-38(47)44-30(23-24-33(44)35(28-15-11-10-12-16-28)49-50(8,9)40(4,5)6)25-27-19-21-29(22-20-27)37(46)43(7)26-34-41-32-18-14-13-17-31(32)36(45)42-34/h10-22,30,33,35H,23-26H2,1-9H3,(H,41,42,45)/t30-,33+,35+/m0/s1. The molecule has 5 rings (SSSR count). The van der Waals surface area contributed by atoms with Crippen LogP contribution in [0.1, 0.15) is 87.8 Å². The maximum atomic E-state index is 14.0. The zero-order chi connectivity index (χ0) is 36.4. The van der Waals surface area contributed by atoms with Gasteiger partial charge in [0.1, 0.15) is 11.4 Å². The lowest BCUT2D eigenvalue weighted by atomic mass is 10.0. The third-order valence-corrected chi connectivity index (χ3v) is 14.4. The molecule has 1 aliphatic heterocycles. The zero-order valence-corrected chi connectivity index (χ0v) is 31.9. The topological polar surface area (TPSA) is 105 Å². The van der Waals surface area contributed by atoms with Crippen molar-refractivity contribution in [2.45, 2.75) is 109 Å². The van der Waals surface area contributed by atoms with Crippen molar-refractivity contribution in [3.8, 4) is 0 Å². The number of para-hydroxylation sites is 1. The first-order valence-electron chi connectivity index (χ1n) is 17.5. The molecule has 0 radical (unpaired) electrons. The summed E-state index contributed by atoms with van der Waals surface area (Å²) in [5, 5.41) is 0.504. The van der Waals surface area contributed by atoms with E-state index in [0.717, 1.165) is 24.0 Å². The van der Waals surface area contributed by atoms with E-state index in [1.807, 2.05) is 74.2 Å². The van der Waals surface area contributed by atoms with Gasteiger partial charge in [0.2, 0.25) is 0 Å². The molecule has 3 aromatic carbocycles. The number of aromatic nitrogens is 2. The van der Waals surface area contributed by atoms with E-state index in [1.165, 1.54) is 0 Å². The third kappa shape index (κ3) is 8.53. The highest BCUT2D eigenvalue weighted by Crippen LogP contribution is 2.44. The lowest BCUT2D eigenvalue weighted by Gasteiger charge is -2.43. The number of fused-ring (bicyclic) bond motifs is 1. The molecule has 1 N–H and O–H groups in total. The number of carbonyl (C=O) groups is 2. The molecule has 2 amide bonds. The number of rotatable bonds is 9. The summed E-state index contributed by atoms with van der Waals surface area (Å²) in [5.41, 5.74) is 2.32. The Balaban J connectivity index is 1.36. The molecular weight excluding hydrogens is 645 g/mol. The second kappa shape index (κ2) is 14.5. The van der Waals surface area contributed by atoms with Crippen molar-refractivity contribution in [2.24, 2.45) is 0 Å². The van der Waals surface area contributed by atoms with E-state index in [4.69, 9.17) is 9.16 Å². The molecule has 1 aliphatic rings. The van der Waals surface area contributed by atoms with Gasteiger partial charge in [0.05, 0.1) is 29.6 Å². The lowest BCUT2D eigenvalue weighted by Crippen LogP contribution is -2.50. The number of amides is 2. The van der Waals surface area contributed by atoms with Gasteiger partial charge < -0.3 is 19.0 Å². The fraction of sp³-hybridized carbons (Fsp3) is 0.450. The van der Waals surface area contributed by atoms with E-state index < -0.39 is 13.9 Å². The number of nitrogens with one attached hydrogen (secondary N) is 1. The second-order valence-electron chi connectivity index (χ2n) is 16.0. The van der Waals surface area contributed by atoms with Crippen molar-refractivity contribution in [3.63, 3.8) is 0 Å². The van der Waals surface area contributed by atoms with E-state index in [0.29, 0.717) is 28.7 Å². The minimum atomic E-state index is -2.23. The highest BCUT2D eigenvalue weighted by atomic mass is 28.4. The molecule has 1 saturated heterocycles. The average Bonchev–Trinajstić information content (AvgIpc) is 3.46. The molecule has 0 aliphatic carbocycles. The zero-order valence-electron chi connectivity index (χ0n) is 30.9. The molecule has 0 unspecified atom stereocenters. The minimum absolute atomic E-state index is 0.00867. The first-order valence-corrected chi connectivity index (χ1v) is 20.4. The van der Waals surface area contributed by atoms with Gasteiger partial charge in [-0.15, -0.1) is 0 Å². The number of carbonyl (C=O) groups excluding carboxylic acids is 2. The van der Waals surface area contributed by atoms with Crippen molar-refractivity contribution in [3.05, 3.63) is 112 Å². The van der Waals surface area contributed by atoms with Crippen LogP contribution in [0.15, 0.2) is 83.7 Å². The Morgan fingerprint density at radius 3 is 2.22 bits per heavy atom. The van der Waals surface area contributed by atoms with Gasteiger partial charge >= 0.3 is 6.09 Å². The van der Waals surface area contributed by atoms with Crippen LogP contribution in [0, 0.1) is 0 Å². The molecule has 0 bridgehead atoms. The average molecular weight is 697 g/mol. The van der Waals surface area contributed by atoms with Crippen molar-refractivity contribution >= 4 is 31.2 Å². The molecule has 1 aromatic heterocycles. The number of aromatic amines is 1. The van der Waals surface area contributed by atoms with Crippen LogP contribution in [0.25, 0.3) is 10.9 Å². The number of ether oxygens (including phenoxy) is 1. The number of benzene rings is 3. The van der Waals surface area contributed by atoms with Crippen LogP contribution in [-0.2, 0) is 22.1 Å². The fourth-order valence-corrected chi connectivity index (χ4v) is 7.58. The van der Waals surface area contributed by atoms with Crippen LogP contribution in [0.3, 0.4) is 0 Å². The van der Waals surface area contributed by atoms with Crippen LogP contribution >= 0.6 is 0 Å². The number of hydrogen-bond acceptors (Lipinski definition) is 6. The molecule has 1 fully saturated rings. The van der Waals surface area contributed by atoms with E-state index in [-0.39, 0.29) is 47.3 Å².